The standard InChI is InChI=1S/C10H9NO7.H3N/c1-7(12)16-6-17-10(13)18-9-4-2-8(3-5-9)11(14)15;/h2-5H,6H2,1H3;1H3. The van der Waals surface area contributed by atoms with Gasteiger partial charge >= 0.3 is 12.1 Å². The first-order chi connectivity index (χ1) is 8.49. The smallest absolute Gasteiger partial charge is 0.428 e. The predicted molar refractivity (Wildman–Crippen MR) is 61.9 cm³/mol. The Labute approximate surface area is 107 Å². The van der Waals surface area contributed by atoms with Gasteiger partial charge in [-0.1, -0.05) is 0 Å². The molecule has 9 nitrogen and oxygen atoms in total. The Balaban J connectivity index is 0.00000324. The minimum Gasteiger partial charge on any atom is -0.428 e. The van der Waals surface area contributed by atoms with Gasteiger partial charge in [-0.05, 0) is 12.1 Å². The van der Waals surface area contributed by atoms with Crippen LogP contribution in [0.3, 0.4) is 0 Å². The molecule has 0 amide bonds. The summed E-state index contributed by atoms with van der Waals surface area (Å²) >= 11 is 0. The van der Waals surface area contributed by atoms with Crippen molar-refractivity contribution in [1.29, 1.82) is 0 Å². The van der Waals surface area contributed by atoms with E-state index < -0.39 is 23.8 Å². The normalized spacial score (nSPS) is 8.89. The van der Waals surface area contributed by atoms with Gasteiger partial charge in [-0.3, -0.25) is 14.9 Å². The number of carbonyl (C=O) groups excluding carboxylic acids is 2. The molecule has 1 aromatic rings. The molecule has 1 aromatic carbocycles. The van der Waals surface area contributed by atoms with Crippen molar-refractivity contribution in [2.24, 2.45) is 0 Å². The second-order valence-corrected chi connectivity index (χ2v) is 3.00. The fourth-order valence-corrected chi connectivity index (χ4v) is 0.922. The predicted octanol–water partition coefficient (Wildman–Crippen LogP) is 1.79. The molecule has 0 aliphatic rings. The maximum atomic E-state index is 11.0. The van der Waals surface area contributed by atoms with Crippen molar-refractivity contribution in [2.45, 2.75) is 6.92 Å². The van der Waals surface area contributed by atoms with Crippen LogP contribution in [-0.2, 0) is 14.3 Å². The lowest BCUT2D eigenvalue weighted by molar-refractivity contribution is -0.384. The van der Waals surface area contributed by atoms with E-state index in [-0.39, 0.29) is 17.6 Å². The van der Waals surface area contributed by atoms with Crippen molar-refractivity contribution in [3.63, 3.8) is 0 Å². The summed E-state index contributed by atoms with van der Waals surface area (Å²) in [5.74, 6) is -0.522. The highest BCUT2D eigenvalue weighted by molar-refractivity contribution is 5.66. The topological polar surface area (TPSA) is 140 Å². The molecule has 0 unspecified atom stereocenters. The molecule has 104 valence electrons. The quantitative estimate of drug-likeness (QED) is 0.287. The van der Waals surface area contributed by atoms with E-state index in [0.29, 0.717) is 0 Å². The van der Waals surface area contributed by atoms with Gasteiger partial charge in [0.25, 0.3) is 5.69 Å². The summed E-state index contributed by atoms with van der Waals surface area (Å²) in [5.41, 5.74) is -0.129. The van der Waals surface area contributed by atoms with Gasteiger partial charge in [-0.2, -0.15) is 0 Å². The zero-order valence-corrected chi connectivity index (χ0v) is 10.0. The summed E-state index contributed by atoms with van der Waals surface area (Å²) < 4.78 is 13.4. The molecule has 0 radical (unpaired) electrons. The Morgan fingerprint density at radius 2 is 1.79 bits per heavy atom. The van der Waals surface area contributed by atoms with Crippen molar-refractivity contribution in [1.82, 2.24) is 6.15 Å². The Morgan fingerprint density at radius 1 is 1.21 bits per heavy atom. The summed E-state index contributed by atoms with van der Waals surface area (Å²) in [6.45, 7) is 0.603. The van der Waals surface area contributed by atoms with Crippen molar-refractivity contribution < 1.29 is 28.7 Å². The number of hydrogen-bond donors (Lipinski definition) is 1. The van der Waals surface area contributed by atoms with E-state index in [1.54, 1.807) is 0 Å². The van der Waals surface area contributed by atoms with Crippen LogP contribution in [0.5, 0.6) is 5.75 Å². The number of nitro benzene ring substituents is 1. The van der Waals surface area contributed by atoms with Gasteiger partial charge in [0.2, 0.25) is 6.79 Å². The molecule has 0 heterocycles. The van der Waals surface area contributed by atoms with Gasteiger partial charge in [0.05, 0.1) is 4.92 Å². The zero-order chi connectivity index (χ0) is 13.5. The van der Waals surface area contributed by atoms with Gasteiger partial charge in [0.15, 0.2) is 0 Å². The van der Waals surface area contributed by atoms with E-state index in [1.165, 1.54) is 24.3 Å². The van der Waals surface area contributed by atoms with E-state index in [0.717, 1.165) is 6.92 Å². The first-order valence-electron chi connectivity index (χ1n) is 4.71. The van der Waals surface area contributed by atoms with Crippen LogP contribution in [0.15, 0.2) is 24.3 Å². The average molecular weight is 272 g/mol. The number of nitro groups is 1. The maximum absolute atomic E-state index is 11.0. The highest BCUT2D eigenvalue weighted by atomic mass is 16.8. The number of carbonyl (C=O) groups is 2. The molecule has 0 fully saturated rings. The maximum Gasteiger partial charge on any atom is 0.516 e. The Kier molecular flexibility index (Phi) is 6.54. The van der Waals surface area contributed by atoms with Gasteiger partial charge in [-0.15, -0.1) is 0 Å². The van der Waals surface area contributed by atoms with Crippen LogP contribution in [-0.4, -0.2) is 23.8 Å². The largest absolute Gasteiger partial charge is 0.516 e. The summed E-state index contributed by atoms with van der Waals surface area (Å²) in [7, 11) is 0. The van der Waals surface area contributed by atoms with E-state index in [4.69, 9.17) is 0 Å². The molecule has 0 spiro atoms. The van der Waals surface area contributed by atoms with Crippen LogP contribution >= 0.6 is 0 Å². The Bertz CT molecular complexity index is 457. The van der Waals surface area contributed by atoms with Crippen LogP contribution in [0.2, 0.25) is 0 Å². The summed E-state index contributed by atoms with van der Waals surface area (Å²) in [6, 6.07) is 4.83. The molecule has 0 aliphatic heterocycles. The monoisotopic (exact) mass is 272 g/mol. The molecule has 19 heavy (non-hydrogen) atoms. The number of non-ortho nitro benzene ring substituents is 1. The molecule has 3 N–H and O–H groups in total. The van der Waals surface area contributed by atoms with E-state index in [9.17, 15) is 19.7 Å². The van der Waals surface area contributed by atoms with E-state index in [2.05, 4.69) is 14.2 Å². The minimum atomic E-state index is -1.08. The number of esters is 1. The van der Waals surface area contributed by atoms with Crippen LogP contribution in [0, 0.1) is 10.1 Å². The number of nitrogens with zero attached hydrogens (tertiary/aromatic N) is 1. The molecule has 0 saturated carbocycles. The number of benzene rings is 1. The van der Waals surface area contributed by atoms with Crippen LogP contribution in [0.1, 0.15) is 6.92 Å². The highest BCUT2D eigenvalue weighted by Gasteiger charge is 2.09. The highest BCUT2D eigenvalue weighted by Crippen LogP contribution is 2.17. The number of rotatable bonds is 4. The number of ether oxygens (including phenoxy) is 3. The average Bonchev–Trinajstić information content (AvgIpc) is 2.29. The molecule has 0 atom stereocenters. The molecule has 0 aromatic heterocycles. The molecular weight excluding hydrogens is 260 g/mol. The molecule has 0 saturated heterocycles. The summed E-state index contributed by atoms with van der Waals surface area (Å²) in [6.07, 6.45) is -1.08. The second kappa shape index (κ2) is 7.61. The third kappa shape index (κ3) is 5.98. The van der Waals surface area contributed by atoms with Crippen molar-refractivity contribution >= 4 is 17.8 Å². The van der Waals surface area contributed by atoms with Gasteiger partial charge in [0, 0.05) is 19.1 Å². The van der Waals surface area contributed by atoms with Crippen molar-refractivity contribution in [3.8, 4) is 5.75 Å². The fourth-order valence-electron chi connectivity index (χ4n) is 0.922. The fraction of sp³-hybridized carbons (Fsp3) is 0.200. The first-order valence-corrected chi connectivity index (χ1v) is 4.71. The lowest BCUT2D eigenvalue weighted by Crippen LogP contribution is -2.14. The summed E-state index contributed by atoms with van der Waals surface area (Å²) in [5, 5.41) is 10.4. The second-order valence-electron chi connectivity index (χ2n) is 3.00. The van der Waals surface area contributed by atoms with E-state index >= 15 is 0 Å². The first kappa shape index (κ1) is 16.3. The van der Waals surface area contributed by atoms with Gasteiger partial charge in [-0.25, -0.2) is 4.79 Å². The van der Waals surface area contributed by atoms with E-state index in [1.807, 2.05) is 0 Å². The van der Waals surface area contributed by atoms with Gasteiger partial charge in [0.1, 0.15) is 5.75 Å². The summed E-state index contributed by atoms with van der Waals surface area (Å²) in [4.78, 5) is 31.2. The van der Waals surface area contributed by atoms with Crippen LogP contribution in [0.4, 0.5) is 10.5 Å². The molecule has 0 aliphatic carbocycles. The van der Waals surface area contributed by atoms with Crippen LogP contribution in [0.25, 0.3) is 0 Å². The molecule has 0 bridgehead atoms. The third-order valence-corrected chi connectivity index (χ3v) is 1.69. The Morgan fingerprint density at radius 3 is 2.26 bits per heavy atom. The molecule has 9 heteroatoms. The van der Waals surface area contributed by atoms with Crippen molar-refractivity contribution in [2.75, 3.05) is 6.79 Å². The SMILES string of the molecule is CC(=O)OCOC(=O)Oc1ccc([N+](=O)[O-])cc1.N. The number of hydrogen-bond acceptors (Lipinski definition) is 8. The lowest BCUT2D eigenvalue weighted by Gasteiger charge is -2.05. The third-order valence-electron chi connectivity index (χ3n) is 1.69. The molecule has 1 rings (SSSR count). The van der Waals surface area contributed by atoms with Crippen LogP contribution < -0.4 is 10.9 Å². The zero-order valence-electron chi connectivity index (χ0n) is 10.0. The minimum absolute atomic E-state index is 0. The lowest BCUT2D eigenvalue weighted by atomic mass is 10.3. The molecular formula is C10H12N2O7. The van der Waals surface area contributed by atoms with Crippen molar-refractivity contribution in [3.05, 3.63) is 34.4 Å². The van der Waals surface area contributed by atoms with Gasteiger partial charge < -0.3 is 20.4 Å². The Hall–Kier alpha value is -2.68.